The number of hydrogen-bond acceptors (Lipinski definition) is 1. The number of benzene rings is 2. The molecule has 0 fully saturated rings. The van der Waals surface area contributed by atoms with Crippen molar-refractivity contribution in [1.29, 1.82) is 0 Å². The van der Waals surface area contributed by atoms with Crippen LogP contribution in [0.2, 0.25) is 0 Å². The number of ether oxygens (including phenoxy) is 1. The third kappa shape index (κ3) is 3.44. The lowest BCUT2D eigenvalue weighted by molar-refractivity contribution is 0.442. The molecule has 92 valence electrons. The first-order valence-corrected chi connectivity index (χ1v) is 6.66. The van der Waals surface area contributed by atoms with Crippen LogP contribution in [0.3, 0.4) is 0 Å². The van der Waals surface area contributed by atoms with Crippen LogP contribution >= 0.6 is 15.9 Å². The van der Waals surface area contributed by atoms with E-state index in [0.29, 0.717) is 5.75 Å². The summed E-state index contributed by atoms with van der Waals surface area (Å²) in [6, 6.07) is 14.0. The predicted octanol–water partition coefficient (Wildman–Crippen LogP) is 5.03. The van der Waals surface area contributed by atoms with Crippen molar-refractivity contribution in [1.82, 2.24) is 0 Å². The minimum absolute atomic E-state index is 0.234. The molecule has 0 aliphatic carbocycles. The molecular formula is C15H12BrFO. The minimum Gasteiger partial charge on any atom is -0.454 e. The first-order chi connectivity index (χ1) is 8.79. The van der Waals surface area contributed by atoms with Gasteiger partial charge in [0.05, 0.1) is 0 Å². The van der Waals surface area contributed by atoms with Crippen LogP contribution in [-0.2, 0) is 0 Å². The van der Waals surface area contributed by atoms with Crippen molar-refractivity contribution in [3.05, 3.63) is 66.0 Å². The van der Waals surface area contributed by atoms with E-state index in [1.807, 2.05) is 30.4 Å². The van der Waals surface area contributed by atoms with E-state index in [9.17, 15) is 4.39 Å². The van der Waals surface area contributed by atoms with Gasteiger partial charge in [-0.2, -0.15) is 0 Å². The van der Waals surface area contributed by atoms with E-state index in [2.05, 4.69) is 15.9 Å². The molecule has 0 atom stereocenters. The van der Waals surface area contributed by atoms with Crippen LogP contribution in [0.15, 0.2) is 54.6 Å². The van der Waals surface area contributed by atoms with Gasteiger partial charge in [-0.1, -0.05) is 52.3 Å². The molecule has 18 heavy (non-hydrogen) atoms. The van der Waals surface area contributed by atoms with Crippen LogP contribution in [0.25, 0.3) is 6.08 Å². The molecule has 0 bridgehead atoms. The molecule has 0 amide bonds. The lowest BCUT2D eigenvalue weighted by Gasteiger charge is -2.07. The van der Waals surface area contributed by atoms with Crippen molar-refractivity contribution in [2.75, 3.05) is 5.33 Å². The highest BCUT2D eigenvalue weighted by Crippen LogP contribution is 2.25. The first kappa shape index (κ1) is 12.8. The highest BCUT2D eigenvalue weighted by molar-refractivity contribution is 9.09. The summed E-state index contributed by atoms with van der Waals surface area (Å²) in [5, 5.41) is 0.763. The van der Waals surface area contributed by atoms with Crippen molar-refractivity contribution in [3.63, 3.8) is 0 Å². The lowest BCUT2D eigenvalue weighted by Crippen LogP contribution is -1.88. The average Bonchev–Trinajstić information content (AvgIpc) is 2.41. The molecule has 2 aromatic carbocycles. The number of allylic oxidation sites excluding steroid dienone is 1. The molecule has 0 unspecified atom stereocenters. The summed E-state index contributed by atoms with van der Waals surface area (Å²) in [6.07, 6.45) is 3.85. The Kier molecular flexibility index (Phi) is 4.53. The van der Waals surface area contributed by atoms with Crippen molar-refractivity contribution < 1.29 is 9.13 Å². The molecule has 0 radical (unpaired) electrons. The number of alkyl halides is 1. The third-order valence-electron chi connectivity index (χ3n) is 2.33. The standard InChI is InChI=1S/C15H12BrFO/c16-10-4-5-12-8-9-14(17)15(11-12)18-13-6-2-1-3-7-13/h1-9,11H,10H2. The smallest absolute Gasteiger partial charge is 0.165 e. The van der Waals surface area contributed by atoms with E-state index in [4.69, 9.17) is 4.74 Å². The monoisotopic (exact) mass is 306 g/mol. The number of halogens is 2. The van der Waals surface area contributed by atoms with Crippen LogP contribution < -0.4 is 4.74 Å². The van der Waals surface area contributed by atoms with E-state index in [0.717, 1.165) is 10.9 Å². The van der Waals surface area contributed by atoms with Gasteiger partial charge in [-0.05, 0) is 29.8 Å². The maximum absolute atomic E-state index is 13.6. The van der Waals surface area contributed by atoms with Gasteiger partial charge >= 0.3 is 0 Å². The van der Waals surface area contributed by atoms with Gasteiger partial charge in [0.25, 0.3) is 0 Å². The quantitative estimate of drug-likeness (QED) is 0.720. The SMILES string of the molecule is Fc1ccc(C=CCBr)cc1Oc1ccccc1. The fourth-order valence-electron chi connectivity index (χ4n) is 1.50. The van der Waals surface area contributed by atoms with Crippen LogP contribution in [0.4, 0.5) is 4.39 Å². The molecule has 0 saturated carbocycles. The summed E-state index contributed by atoms with van der Waals surface area (Å²) in [7, 11) is 0. The minimum atomic E-state index is -0.366. The van der Waals surface area contributed by atoms with Gasteiger partial charge < -0.3 is 4.74 Å². The van der Waals surface area contributed by atoms with Crippen molar-refractivity contribution in [2.45, 2.75) is 0 Å². The Balaban J connectivity index is 2.24. The van der Waals surface area contributed by atoms with Crippen LogP contribution in [0, 0.1) is 5.82 Å². The summed E-state index contributed by atoms with van der Waals surface area (Å²) in [6.45, 7) is 0. The van der Waals surface area contributed by atoms with Crippen molar-refractivity contribution in [2.24, 2.45) is 0 Å². The lowest BCUT2D eigenvalue weighted by atomic mass is 10.2. The van der Waals surface area contributed by atoms with E-state index >= 15 is 0 Å². The summed E-state index contributed by atoms with van der Waals surface area (Å²) in [4.78, 5) is 0. The normalized spacial score (nSPS) is 10.8. The molecule has 0 aromatic heterocycles. The Morgan fingerprint density at radius 2 is 1.89 bits per heavy atom. The zero-order valence-corrected chi connectivity index (χ0v) is 11.2. The Bertz CT molecular complexity index is 537. The van der Waals surface area contributed by atoms with Crippen molar-refractivity contribution >= 4 is 22.0 Å². The maximum Gasteiger partial charge on any atom is 0.165 e. The second-order valence-corrected chi connectivity index (χ2v) is 4.31. The molecule has 0 spiro atoms. The van der Waals surface area contributed by atoms with Gasteiger partial charge in [0.2, 0.25) is 0 Å². The van der Waals surface area contributed by atoms with E-state index < -0.39 is 0 Å². The average molecular weight is 307 g/mol. The third-order valence-corrected chi connectivity index (χ3v) is 2.70. The molecule has 0 aliphatic rings. The fourth-order valence-corrected chi connectivity index (χ4v) is 1.68. The molecule has 1 nitrogen and oxygen atoms in total. The zero-order chi connectivity index (χ0) is 12.8. The number of rotatable bonds is 4. The van der Waals surface area contributed by atoms with Gasteiger partial charge in [-0.3, -0.25) is 0 Å². The highest BCUT2D eigenvalue weighted by atomic mass is 79.9. The molecule has 0 heterocycles. The van der Waals surface area contributed by atoms with Crippen LogP contribution in [-0.4, -0.2) is 5.33 Å². The number of para-hydroxylation sites is 1. The van der Waals surface area contributed by atoms with Crippen LogP contribution in [0.1, 0.15) is 5.56 Å². The molecule has 3 heteroatoms. The topological polar surface area (TPSA) is 9.23 Å². The molecular weight excluding hydrogens is 295 g/mol. The predicted molar refractivity (Wildman–Crippen MR) is 75.7 cm³/mol. The Labute approximate surface area is 114 Å². The zero-order valence-electron chi connectivity index (χ0n) is 9.64. The maximum atomic E-state index is 13.6. The van der Waals surface area contributed by atoms with Gasteiger partial charge in [-0.25, -0.2) is 4.39 Å². The Morgan fingerprint density at radius 1 is 1.11 bits per heavy atom. The van der Waals surface area contributed by atoms with Gasteiger partial charge in [0.1, 0.15) is 5.75 Å². The summed E-state index contributed by atoms with van der Waals surface area (Å²) in [5.41, 5.74) is 0.904. The summed E-state index contributed by atoms with van der Waals surface area (Å²) >= 11 is 3.30. The largest absolute Gasteiger partial charge is 0.454 e. The van der Waals surface area contributed by atoms with E-state index in [1.54, 1.807) is 24.3 Å². The summed E-state index contributed by atoms with van der Waals surface area (Å²) in [5.74, 6) is 0.491. The fraction of sp³-hybridized carbons (Fsp3) is 0.0667. The molecule has 0 saturated heterocycles. The van der Waals surface area contributed by atoms with E-state index in [-0.39, 0.29) is 11.6 Å². The number of hydrogen-bond donors (Lipinski definition) is 0. The van der Waals surface area contributed by atoms with Crippen molar-refractivity contribution in [3.8, 4) is 11.5 Å². The van der Waals surface area contributed by atoms with Crippen LogP contribution in [0.5, 0.6) is 11.5 Å². The Hall–Kier alpha value is -1.61. The second kappa shape index (κ2) is 6.36. The van der Waals surface area contributed by atoms with Gasteiger partial charge in [0, 0.05) is 5.33 Å². The molecule has 2 rings (SSSR count). The Morgan fingerprint density at radius 3 is 2.61 bits per heavy atom. The second-order valence-electron chi connectivity index (χ2n) is 3.66. The van der Waals surface area contributed by atoms with E-state index in [1.165, 1.54) is 6.07 Å². The molecule has 2 aromatic rings. The molecule has 0 N–H and O–H groups in total. The van der Waals surface area contributed by atoms with Gasteiger partial charge in [-0.15, -0.1) is 0 Å². The van der Waals surface area contributed by atoms with Gasteiger partial charge in [0.15, 0.2) is 11.6 Å². The summed E-state index contributed by atoms with van der Waals surface area (Å²) < 4.78 is 19.1. The molecule has 0 aliphatic heterocycles. The first-order valence-electron chi connectivity index (χ1n) is 5.54. The highest BCUT2D eigenvalue weighted by Gasteiger charge is 2.04.